The van der Waals surface area contributed by atoms with Gasteiger partial charge in [0.05, 0.1) is 5.69 Å². The van der Waals surface area contributed by atoms with Crippen molar-refractivity contribution in [3.8, 4) is 0 Å². The number of aromatic nitrogens is 2. The lowest BCUT2D eigenvalue weighted by molar-refractivity contribution is 0.438. The van der Waals surface area contributed by atoms with Gasteiger partial charge >= 0.3 is 0 Å². The van der Waals surface area contributed by atoms with Crippen LogP contribution in [0.1, 0.15) is 43.7 Å². The van der Waals surface area contributed by atoms with Gasteiger partial charge in [-0.15, -0.1) is 0 Å². The van der Waals surface area contributed by atoms with Crippen molar-refractivity contribution in [2.24, 2.45) is 0 Å². The summed E-state index contributed by atoms with van der Waals surface area (Å²) in [6.07, 6.45) is 10.8. The van der Waals surface area contributed by atoms with E-state index in [2.05, 4.69) is 15.6 Å². The Morgan fingerprint density at radius 1 is 1.27 bits per heavy atom. The fourth-order valence-corrected chi connectivity index (χ4v) is 3.40. The summed E-state index contributed by atoms with van der Waals surface area (Å²) in [7, 11) is 0. The van der Waals surface area contributed by atoms with Crippen LogP contribution in [0.2, 0.25) is 4.34 Å². The maximum Gasteiger partial charge on any atom is 0.195 e. The highest BCUT2D eigenvalue weighted by atomic mass is 35.5. The maximum atomic E-state index is 5.92. The highest BCUT2D eigenvalue weighted by Crippen LogP contribution is 2.33. The molecule has 1 fully saturated rings. The predicted octanol–water partition coefficient (Wildman–Crippen LogP) is 4.10. The van der Waals surface area contributed by atoms with E-state index in [1.807, 2.05) is 6.20 Å². The topological polar surface area (TPSA) is 17.3 Å². The number of rotatable bonds is 1. The zero-order chi connectivity index (χ0) is 10.3. The van der Waals surface area contributed by atoms with Crippen LogP contribution in [0.3, 0.4) is 0 Å². The van der Waals surface area contributed by atoms with Gasteiger partial charge in [0.1, 0.15) is 4.34 Å². The van der Waals surface area contributed by atoms with Gasteiger partial charge in [-0.05, 0) is 12.8 Å². The van der Waals surface area contributed by atoms with Crippen LogP contribution in [0.5, 0.6) is 0 Å². The number of halogens is 1. The fraction of sp³-hybridized carbons (Fsp3) is 0.545. The van der Waals surface area contributed by atoms with E-state index < -0.39 is 0 Å². The molecule has 80 valence electrons. The Hall–Kier alpha value is -0.540. The third-order valence-electron chi connectivity index (χ3n) is 3.17. The van der Waals surface area contributed by atoms with E-state index in [1.165, 1.54) is 37.8 Å². The summed E-state index contributed by atoms with van der Waals surface area (Å²) in [6, 6.07) is 0. The van der Waals surface area contributed by atoms with Crippen molar-refractivity contribution in [2.75, 3.05) is 0 Å². The third-order valence-corrected chi connectivity index (χ3v) is 4.28. The van der Waals surface area contributed by atoms with Crippen molar-refractivity contribution in [2.45, 2.75) is 38.0 Å². The van der Waals surface area contributed by atoms with Crippen molar-refractivity contribution in [3.05, 3.63) is 22.4 Å². The first kappa shape index (κ1) is 9.67. The molecule has 0 spiro atoms. The molecule has 4 heteroatoms. The Morgan fingerprint density at radius 2 is 2.07 bits per heavy atom. The number of fused-ring (bicyclic) bond motifs is 1. The van der Waals surface area contributed by atoms with E-state index in [-0.39, 0.29) is 0 Å². The minimum absolute atomic E-state index is 0.685. The van der Waals surface area contributed by atoms with Crippen LogP contribution >= 0.6 is 22.9 Å². The molecule has 0 amide bonds. The molecule has 0 saturated heterocycles. The average molecular weight is 241 g/mol. The van der Waals surface area contributed by atoms with Crippen molar-refractivity contribution >= 4 is 27.9 Å². The lowest BCUT2D eigenvalue weighted by Crippen LogP contribution is -2.04. The zero-order valence-electron chi connectivity index (χ0n) is 8.45. The molecule has 0 atom stereocenters. The third kappa shape index (κ3) is 1.79. The molecule has 2 aromatic heterocycles. The Bertz CT molecular complexity index is 436. The van der Waals surface area contributed by atoms with Gasteiger partial charge in [-0.2, -0.15) is 0 Å². The van der Waals surface area contributed by atoms with Crippen LogP contribution in [-0.4, -0.2) is 9.38 Å². The molecule has 0 bridgehead atoms. The molecular formula is C11H13ClN2S. The van der Waals surface area contributed by atoms with Gasteiger partial charge in [0.2, 0.25) is 0 Å². The summed E-state index contributed by atoms with van der Waals surface area (Å²) in [5.41, 5.74) is 1.26. The van der Waals surface area contributed by atoms with Crippen LogP contribution in [0.15, 0.2) is 12.4 Å². The molecule has 2 nitrogen and oxygen atoms in total. The van der Waals surface area contributed by atoms with E-state index in [4.69, 9.17) is 11.6 Å². The van der Waals surface area contributed by atoms with Gasteiger partial charge < -0.3 is 0 Å². The smallest absolute Gasteiger partial charge is 0.195 e. The summed E-state index contributed by atoms with van der Waals surface area (Å²) >= 11 is 7.47. The molecule has 0 N–H and O–H groups in total. The van der Waals surface area contributed by atoms with Crippen LogP contribution in [-0.2, 0) is 0 Å². The molecule has 0 radical (unpaired) electrons. The van der Waals surface area contributed by atoms with E-state index >= 15 is 0 Å². The minimum Gasteiger partial charge on any atom is -0.296 e. The standard InChI is InChI=1S/C11H13ClN2S/c12-10-7-14-6-9(13-11(14)15-10)8-4-2-1-3-5-8/h6-8H,1-5H2. The van der Waals surface area contributed by atoms with E-state index in [0.717, 1.165) is 9.30 Å². The number of imidazole rings is 1. The van der Waals surface area contributed by atoms with Crippen LogP contribution in [0.25, 0.3) is 4.96 Å². The molecule has 15 heavy (non-hydrogen) atoms. The molecule has 1 aliphatic carbocycles. The first-order valence-electron chi connectivity index (χ1n) is 5.47. The highest BCUT2D eigenvalue weighted by molar-refractivity contribution is 7.20. The highest BCUT2D eigenvalue weighted by Gasteiger charge is 2.18. The lowest BCUT2D eigenvalue weighted by Gasteiger charge is -2.19. The molecule has 0 aromatic carbocycles. The number of nitrogens with zero attached hydrogens (tertiary/aromatic N) is 2. The minimum atomic E-state index is 0.685. The van der Waals surface area contributed by atoms with E-state index in [9.17, 15) is 0 Å². The molecular weight excluding hydrogens is 228 g/mol. The van der Waals surface area contributed by atoms with Gasteiger partial charge in [-0.25, -0.2) is 4.98 Å². The Morgan fingerprint density at radius 3 is 2.80 bits per heavy atom. The van der Waals surface area contributed by atoms with E-state index in [0.29, 0.717) is 5.92 Å². The quantitative estimate of drug-likeness (QED) is 0.734. The second kappa shape index (κ2) is 3.80. The monoisotopic (exact) mass is 240 g/mol. The second-order valence-corrected chi connectivity index (χ2v) is 5.87. The summed E-state index contributed by atoms with van der Waals surface area (Å²) in [5.74, 6) is 0.685. The Labute approximate surface area is 97.9 Å². The average Bonchev–Trinajstić information content (AvgIpc) is 2.76. The van der Waals surface area contributed by atoms with Crippen LogP contribution in [0.4, 0.5) is 0 Å². The van der Waals surface area contributed by atoms with Crippen molar-refractivity contribution in [1.29, 1.82) is 0 Å². The van der Waals surface area contributed by atoms with Gasteiger partial charge in [-0.1, -0.05) is 42.2 Å². The van der Waals surface area contributed by atoms with Crippen molar-refractivity contribution in [3.63, 3.8) is 0 Å². The molecule has 3 rings (SSSR count). The first-order valence-corrected chi connectivity index (χ1v) is 6.66. The summed E-state index contributed by atoms with van der Waals surface area (Å²) in [4.78, 5) is 5.68. The SMILES string of the molecule is Clc1cn2cc(C3CCCCC3)nc2s1. The van der Waals surface area contributed by atoms with Crippen LogP contribution < -0.4 is 0 Å². The molecule has 0 aliphatic heterocycles. The van der Waals surface area contributed by atoms with Crippen molar-refractivity contribution < 1.29 is 0 Å². The summed E-state index contributed by atoms with van der Waals surface area (Å²) < 4.78 is 2.87. The lowest BCUT2D eigenvalue weighted by atomic mass is 9.87. The summed E-state index contributed by atoms with van der Waals surface area (Å²) in [6.45, 7) is 0. The molecule has 0 unspecified atom stereocenters. The van der Waals surface area contributed by atoms with Gasteiger partial charge in [0.25, 0.3) is 0 Å². The van der Waals surface area contributed by atoms with Crippen LogP contribution in [0, 0.1) is 0 Å². The first-order chi connectivity index (χ1) is 7.33. The van der Waals surface area contributed by atoms with Crippen molar-refractivity contribution in [1.82, 2.24) is 9.38 Å². The van der Waals surface area contributed by atoms with Gasteiger partial charge in [0.15, 0.2) is 4.96 Å². The maximum absolute atomic E-state index is 5.92. The summed E-state index contributed by atoms with van der Waals surface area (Å²) in [5, 5.41) is 0. The number of hydrogen-bond acceptors (Lipinski definition) is 2. The predicted molar refractivity (Wildman–Crippen MR) is 63.9 cm³/mol. The molecule has 1 aliphatic rings. The fourth-order valence-electron chi connectivity index (χ4n) is 2.38. The number of hydrogen-bond donors (Lipinski definition) is 0. The molecule has 2 heterocycles. The second-order valence-electron chi connectivity index (χ2n) is 4.23. The van der Waals surface area contributed by atoms with Gasteiger partial charge in [-0.3, -0.25) is 4.40 Å². The number of thiazole rings is 1. The zero-order valence-corrected chi connectivity index (χ0v) is 10.0. The van der Waals surface area contributed by atoms with E-state index in [1.54, 1.807) is 11.3 Å². The largest absolute Gasteiger partial charge is 0.296 e. The Balaban J connectivity index is 1.93. The Kier molecular flexibility index (Phi) is 2.45. The normalized spacial score (nSPS) is 18.7. The molecule has 2 aromatic rings. The molecule has 1 saturated carbocycles. The van der Waals surface area contributed by atoms with Gasteiger partial charge in [0, 0.05) is 18.3 Å².